The van der Waals surface area contributed by atoms with Gasteiger partial charge in [-0.15, -0.1) is 0 Å². The van der Waals surface area contributed by atoms with Crippen LogP contribution < -0.4 is 0 Å². The van der Waals surface area contributed by atoms with Crippen LogP contribution in [0, 0.1) is 17.6 Å². The van der Waals surface area contributed by atoms with Crippen LogP contribution in [0.1, 0.15) is 24.2 Å². The largest absolute Gasteiger partial charge is 0.373 e. The van der Waals surface area contributed by atoms with Crippen LogP contribution in [-0.4, -0.2) is 19.0 Å². The first-order valence-corrected chi connectivity index (χ1v) is 5.06. The summed E-state index contributed by atoms with van der Waals surface area (Å²) in [5, 5.41) is 0. The van der Waals surface area contributed by atoms with Gasteiger partial charge in [0.1, 0.15) is 6.61 Å². The minimum absolute atomic E-state index is 0.108. The maximum atomic E-state index is 12.8. The Labute approximate surface area is 93.2 Å². The molecular formula is C12H14F2O2. The molecule has 16 heavy (non-hydrogen) atoms. The summed E-state index contributed by atoms with van der Waals surface area (Å²) < 4.78 is 30.5. The van der Waals surface area contributed by atoms with Crippen molar-refractivity contribution in [3.63, 3.8) is 0 Å². The molecule has 0 fully saturated rings. The molecule has 88 valence electrons. The van der Waals surface area contributed by atoms with E-state index in [1.165, 1.54) is 6.07 Å². The summed E-state index contributed by atoms with van der Waals surface area (Å²) in [5.41, 5.74) is 0.127. The van der Waals surface area contributed by atoms with Crippen molar-refractivity contribution in [2.45, 2.75) is 13.8 Å². The van der Waals surface area contributed by atoms with Crippen molar-refractivity contribution in [1.82, 2.24) is 0 Å². The van der Waals surface area contributed by atoms with Gasteiger partial charge in [-0.25, -0.2) is 8.78 Å². The summed E-state index contributed by atoms with van der Waals surface area (Å²) in [5.74, 6) is -1.99. The zero-order chi connectivity index (χ0) is 12.1. The van der Waals surface area contributed by atoms with E-state index in [2.05, 4.69) is 0 Å². The third kappa shape index (κ3) is 3.70. The molecule has 0 N–H and O–H groups in total. The molecule has 0 aliphatic rings. The fourth-order valence-electron chi connectivity index (χ4n) is 1.14. The quantitative estimate of drug-likeness (QED) is 0.724. The van der Waals surface area contributed by atoms with Gasteiger partial charge in [-0.2, -0.15) is 0 Å². The summed E-state index contributed by atoms with van der Waals surface area (Å²) in [4.78, 5) is 11.5. The van der Waals surface area contributed by atoms with Crippen LogP contribution in [0.4, 0.5) is 8.78 Å². The Morgan fingerprint density at radius 2 is 2.00 bits per heavy atom. The monoisotopic (exact) mass is 228 g/mol. The van der Waals surface area contributed by atoms with Crippen LogP contribution in [0.25, 0.3) is 0 Å². The van der Waals surface area contributed by atoms with Gasteiger partial charge >= 0.3 is 0 Å². The zero-order valence-electron chi connectivity index (χ0n) is 9.30. The minimum atomic E-state index is -1.02. The lowest BCUT2D eigenvalue weighted by molar-refractivity contribution is 0.0705. The topological polar surface area (TPSA) is 26.3 Å². The number of hydrogen-bond acceptors (Lipinski definition) is 2. The van der Waals surface area contributed by atoms with E-state index in [9.17, 15) is 13.6 Å². The molecule has 0 amide bonds. The first kappa shape index (κ1) is 12.8. The Balaban J connectivity index is 2.56. The number of carbonyl (C=O) groups is 1. The second-order valence-electron chi connectivity index (χ2n) is 3.96. The van der Waals surface area contributed by atoms with Crippen molar-refractivity contribution < 1.29 is 18.3 Å². The summed E-state index contributed by atoms with van der Waals surface area (Å²) in [6.45, 7) is 4.28. The van der Waals surface area contributed by atoms with Crippen LogP contribution >= 0.6 is 0 Å². The van der Waals surface area contributed by atoms with Gasteiger partial charge in [-0.3, -0.25) is 4.79 Å². The van der Waals surface area contributed by atoms with Gasteiger partial charge in [0, 0.05) is 12.2 Å². The van der Waals surface area contributed by atoms with E-state index in [4.69, 9.17) is 4.74 Å². The van der Waals surface area contributed by atoms with Crippen LogP contribution in [0.5, 0.6) is 0 Å². The summed E-state index contributed by atoms with van der Waals surface area (Å²) in [6, 6.07) is 3.07. The standard InChI is InChI=1S/C12H14F2O2/c1-8(2)6-16-7-12(15)9-3-4-10(13)11(14)5-9/h3-5,8H,6-7H2,1-2H3. The molecule has 0 radical (unpaired) electrons. The average Bonchev–Trinajstić information content (AvgIpc) is 2.21. The first-order valence-electron chi connectivity index (χ1n) is 5.06. The normalized spacial score (nSPS) is 10.8. The highest BCUT2D eigenvalue weighted by Crippen LogP contribution is 2.09. The Morgan fingerprint density at radius 3 is 2.56 bits per heavy atom. The molecule has 0 saturated carbocycles. The molecule has 0 heterocycles. The maximum absolute atomic E-state index is 12.8. The van der Waals surface area contributed by atoms with Crippen molar-refractivity contribution in [3.05, 3.63) is 35.4 Å². The number of rotatable bonds is 5. The zero-order valence-corrected chi connectivity index (χ0v) is 9.30. The first-order chi connectivity index (χ1) is 7.50. The predicted molar refractivity (Wildman–Crippen MR) is 56.3 cm³/mol. The van der Waals surface area contributed by atoms with E-state index in [0.717, 1.165) is 12.1 Å². The molecule has 0 aromatic heterocycles. The smallest absolute Gasteiger partial charge is 0.188 e. The number of ketones is 1. The number of Topliss-reactive ketones (excluding diaryl/α,β-unsaturated/α-hetero) is 1. The number of ether oxygens (including phenoxy) is 1. The van der Waals surface area contributed by atoms with Crippen molar-refractivity contribution in [2.24, 2.45) is 5.92 Å². The molecule has 1 aromatic rings. The van der Waals surface area contributed by atoms with E-state index in [0.29, 0.717) is 12.5 Å². The molecule has 0 spiro atoms. The molecule has 2 nitrogen and oxygen atoms in total. The van der Waals surface area contributed by atoms with Gasteiger partial charge in [0.2, 0.25) is 0 Å². The molecule has 0 aliphatic heterocycles. The summed E-state index contributed by atoms with van der Waals surface area (Å²) in [7, 11) is 0. The van der Waals surface area contributed by atoms with Gasteiger partial charge in [0.25, 0.3) is 0 Å². The van der Waals surface area contributed by atoms with Crippen LogP contribution in [0.2, 0.25) is 0 Å². The highest BCUT2D eigenvalue weighted by molar-refractivity contribution is 5.97. The van der Waals surface area contributed by atoms with E-state index in [1.807, 2.05) is 13.8 Å². The van der Waals surface area contributed by atoms with Crippen molar-refractivity contribution in [3.8, 4) is 0 Å². The van der Waals surface area contributed by atoms with Crippen LogP contribution in [0.15, 0.2) is 18.2 Å². The second-order valence-corrected chi connectivity index (χ2v) is 3.96. The molecule has 1 rings (SSSR count). The number of halogens is 2. The van der Waals surface area contributed by atoms with Gasteiger partial charge in [0.15, 0.2) is 17.4 Å². The van der Waals surface area contributed by atoms with Crippen molar-refractivity contribution >= 4 is 5.78 Å². The lowest BCUT2D eigenvalue weighted by Gasteiger charge is -2.06. The Bertz CT molecular complexity index is 375. The molecule has 0 unspecified atom stereocenters. The van der Waals surface area contributed by atoms with E-state index >= 15 is 0 Å². The molecule has 0 atom stereocenters. The third-order valence-corrected chi connectivity index (χ3v) is 1.93. The van der Waals surface area contributed by atoms with E-state index in [1.54, 1.807) is 0 Å². The number of benzene rings is 1. The highest BCUT2D eigenvalue weighted by Gasteiger charge is 2.10. The molecular weight excluding hydrogens is 214 g/mol. The SMILES string of the molecule is CC(C)COCC(=O)c1ccc(F)c(F)c1. The Morgan fingerprint density at radius 1 is 1.31 bits per heavy atom. The van der Waals surface area contributed by atoms with Crippen LogP contribution in [0.3, 0.4) is 0 Å². The Hall–Kier alpha value is -1.29. The Kier molecular flexibility index (Phi) is 4.55. The lowest BCUT2D eigenvalue weighted by Crippen LogP contribution is -2.12. The van der Waals surface area contributed by atoms with E-state index < -0.39 is 11.6 Å². The lowest BCUT2D eigenvalue weighted by atomic mass is 10.1. The van der Waals surface area contributed by atoms with Gasteiger partial charge in [0.05, 0.1) is 0 Å². The second kappa shape index (κ2) is 5.70. The van der Waals surface area contributed by atoms with Gasteiger partial charge in [-0.1, -0.05) is 13.8 Å². The molecule has 0 bridgehead atoms. The van der Waals surface area contributed by atoms with Crippen molar-refractivity contribution in [2.75, 3.05) is 13.2 Å². The molecule has 1 aromatic carbocycles. The molecule has 0 saturated heterocycles. The summed E-state index contributed by atoms with van der Waals surface area (Å²) in [6.07, 6.45) is 0. The third-order valence-electron chi connectivity index (χ3n) is 1.93. The van der Waals surface area contributed by atoms with Crippen LogP contribution in [-0.2, 0) is 4.74 Å². The fourth-order valence-corrected chi connectivity index (χ4v) is 1.14. The number of hydrogen-bond donors (Lipinski definition) is 0. The highest BCUT2D eigenvalue weighted by atomic mass is 19.2. The van der Waals surface area contributed by atoms with Gasteiger partial charge in [-0.05, 0) is 24.1 Å². The average molecular weight is 228 g/mol. The molecule has 0 aliphatic carbocycles. The maximum Gasteiger partial charge on any atom is 0.188 e. The van der Waals surface area contributed by atoms with Gasteiger partial charge < -0.3 is 4.74 Å². The summed E-state index contributed by atoms with van der Waals surface area (Å²) >= 11 is 0. The predicted octanol–water partition coefficient (Wildman–Crippen LogP) is 2.82. The van der Waals surface area contributed by atoms with Crippen molar-refractivity contribution in [1.29, 1.82) is 0 Å². The minimum Gasteiger partial charge on any atom is -0.373 e. The van der Waals surface area contributed by atoms with E-state index in [-0.39, 0.29) is 18.0 Å². The fraction of sp³-hybridized carbons (Fsp3) is 0.417. The number of carbonyl (C=O) groups excluding carboxylic acids is 1. The molecule has 4 heteroatoms.